The Balaban J connectivity index is 1.61. The van der Waals surface area contributed by atoms with E-state index in [9.17, 15) is 14.4 Å². The number of nitrogens with zero attached hydrogens (tertiary/aromatic N) is 3. The van der Waals surface area contributed by atoms with E-state index in [0.29, 0.717) is 11.3 Å². The smallest absolute Gasteiger partial charge is 0.257 e. The van der Waals surface area contributed by atoms with Crippen LogP contribution in [0, 0.1) is 17.2 Å². The van der Waals surface area contributed by atoms with E-state index < -0.39 is 6.04 Å². The molecule has 0 N–H and O–H groups in total. The van der Waals surface area contributed by atoms with Gasteiger partial charge in [-0.05, 0) is 49.9 Å². The third-order valence-corrected chi connectivity index (χ3v) is 5.86. The molecule has 3 fully saturated rings. The van der Waals surface area contributed by atoms with Gasteiger partial charge in [0.05, 0.1) is 23.7 Å². The van der Waals surface area contributed by atoms with Crippen molar-refractivity contribution in [2.24, 2.45) is 5.92 Å². The lowest BCUT2D eigenvalue weighted by atomic mass is 9.92. The van der Waals surface area contributed by atoms with Gasteiger partial charge in [0.1, 0.15) is 6.04 Å². The molecule has 4 rings (SSSR count). The molecule has 1 aromatic carbocycles. The first-order valence-electron chi connectivity index (χ1n) is 9.79. The molecule has 1 heterocycles. The molecule has 3 aliphatic rings. The van der Waals surface area contributed by atoms with E-state index in [1.54, 1.807) is 29.2 Å². The van der Waals surface area contributed by atoms with Gasteiger partial charge < -0.3 is 4.90 Å². The van der Waals surface area contributed by atoms with Crippen molar-refractivity contribution in [1.29, 1.82) is 5.26 Å². The maximum atomic E-state index is 13.1. The van der Waals surface area contributed by atoms with Gasteiger partial charge >= 0.3 is 0 Å². The molecule has 3 amide bonds. The minimum atomic E-state index is -0.690. The molecule has 0 radical (unpaired) electrons. The van der Waals surface area contributed by atoms with Gasteiger partial charge in [0.2, 0.25) is 11.8 Å². The van der Waals surface area contributed by atoms with Crippen molar-refractivity contribution in [2.45, 2.75) is 63.5 Å². The lowest BCUT2D eigenvalue weighted by Gasteiger charge is -2.37. The number of nitriles is 1. The second-order valence-electron chi connectivity index (χ2n) is 7.76. The summed E-state index contributed by atoms with van der Waals surface area (Å²) in [5, 5.41) is 8.93. The third-order valence-electron chi connectivity index (χ3n) is 5.86. The standard InChI is InChI=1S/C21H23N3O3/c22-13-14-6-10-17(11-7-14)24-19(25)12-18(21(24)27)23(20(26)15-8-9-15)16-4-2-1-3-5-16/h6-7,10-11,15-16,18H,1-5,8-9,12H2. The molecule has 2 saturated carbocycles. The number of hydrogen-bond donors (Lipinski definition) is 0. The van der Waals surface area contributed by atoms with Crippen LogP contribution in [0.1, 0.15) is 56.9 Å². The van der Waals surface area contributed by atoms with Crippen LogP contribution < -0.4 is 4.90 Å². The molecule has 2 aliphatic carbocycles. The molecule has 27 heavy (non-hydrogen) atoms. The van der Waals surface area contributed by atoms with Crippen LogP contribution in [0.2, 0.25) is 0 Å². The maximum Gasteiger partial charge on any atom is 0.257 e. The van der Waals surface area contributed by atoms with Gasteiger partial charge in [-0.1, -0.05) is 19.3 Å². The third kappa shape index (κ3) is 3.34. The molecule has 1 atom stereocenters. The second-order valence-corrected chi connectivity index (χ2v) is 7.76. The van der Waals surface area contributed by atoms with Gasteiger partial charge in [0.25, 0.3) is 5.91 Å². The summed E-state index contributed by atoms with van der Waals surface area (Å²) in [6.45, 7) is 0. The van der Waals surface area contributed by atoms with Gasteiger partial charge in [-0.15, -0.1) is 0 Å². The molecule has 0 spiro atoms. The van der Waals surface area contributed by atoms with Crippen molar-refractivity contribution in [3.8, 4) is 6.07 Å². The van der Waals surface area contributed by atoms with E-state index >= 15 is 0 Å². The summed E-state index contributed by atoms with van der Waals surface area (Å²) in [6.07, 6.45) is 6.93. The molecule has 140 valence electrons. The number of anilines is 1. The fourth-order valence-corrected chi connectivity index (χ4v) is 4.28. The average molecular weight is 365 g/mol. The van der Waals surface area contributed by atoms with Crippen molar-refractivity contribution >= 4 is 23.4 Å². The second kappa shape index (κ2) is 7.15. The molecule has 6 nitrogen and oxygen atoms in total. The normalized spacial score (nSPS) is 23.4. The quantitative estimate of drug-likeness (QED) is 0.768. The summed E-state index contributed by atoms with van der Waals surface area (Å²) in [5.41, 5.74) is 0.941. The van der Waals surface area contributed by atoms with Crippen LogP contribution in [0.3, 0.4) is 0 Å². The minimum absolute atomic E-state index is 0.0267. The van der Waals surface area contributed by atoms with Crippen molar-refractivity contribution in [3.05, 3.63) is 29.8 Å². The first-order valence-corrected chi connectivity index (χ1v) is 9.79. The fourth-order valence-electron chi connectivity index (χ4n) is 4.28. The summed E-state index contributed by atoms with van der Waals surface area (Å²) >= 11 is 0. The Morgan fingerprint density at radius 1 is 1.04 bits per heavy atom. The lowest BCUT2D eigenvalue weighted by molar-refractivity contribution is -0.143. The number of carbonyl (C=O) groups excluding carboxylic acids is 3. The van der Waals surface area contributed by atoms with E-state index in [4.69, 9.17) is 5.26 Å². The maximum absolute atomic E-state index is 13.1. The topological polar surface area (TPSA) is 81.5 Å². The highest BCUT2D eigenvalue weighted by Crippen LogP contribution is 2.37. The van der Waals surface area contributed by atoms with Gasteiger partial charge in [-0.25, -0.2) is 4.90 Å². The summed E-state index contributed by atoms with van der Waals surface area (Å²) in [7, 11) is 0. The average Bonchev–Trinajstić information content (AvgIpc) is 3.50. The first-order chi connectivity index (χ1) is 13.1. The molecule has 1 saturated heterocycles. The Hall–Kier alpha value is -2.68. The van der Waals surface area contributed by atoms with Crippen LogP contribution in [0.15, 0.2) is 24.3 Å². The van der Waals surface area contributed by atoms with Crippen LogP contribution in [0.4, 0.5) is 5.69 Å². The van der Waals surface area contributed by atoms with Crippen molar-refractivity contribution < 1.29 is 14.4 Å². The van der Waals surface area contributed by atoms with Gasteiger partial charge in [0, 0.05) is 12.0 Å². The van der Waals surface area contributed by atoms with E-state index in [0.717, 1.165) is 44.9 Å². The van der Waals surface area contributed by atoms with Gasteiger partial charge in [-0.2, -0.15) is 5.26 Å². The Morgan fingerprint density at radius 3 is 2.30 bits per heavy atom. The Morgan fingerprint density at radius 2 is 1.70 bits per heavy atom. The fraction of sp³-hybridized carbons (Fsp3) is 0.524. The summed E-state index contributed by atoms with van der Waals surface area (Å²) in [4.78, 5) is 41.7. The van der Waals surface area contributed by atoms with Gasteiger partial charge in [-0.3, -0.25) is 14.4 Å². The lowest BCUT2D eigenvalue weighted by Crippen LogP contribution is -2.52. The minimum Gasteiger partial charge on any atom is -0.327 e. The molecule has 0 aromatic heterocycles. The van der Waals surface area contributed by atoms with Crippen molar-refractivity contribution in [3.63, 3.8) is 0 Å². The number of rotatable bonds is 4. The zero-order valence-corrected chi connectivity index (χ0v) is 15.3. The zero-order valence-electron chi connectivity index (χ0n) is 15.3. The van der Waals surface area contributed by atoms with E-state index in [1.807, 2.05) is 6.07 Å². The van der Waals surface area contributed by atoms with Crippen LogP contribution in [0.25, 0.3) is 0 Å². The van der Waals surface area contributed by atoms with E-state index in [1.165, 1.54) is 4.90 Å². The molecule has 1 aliphatic heterocycles. The molecule has 1 unspecified atom stereocenters. The molecule has 6 heteroatoms. The molecular formula is C21H23N3O3. The van der Waals surface area contributed by atoms with Gasteiger partial charge in [0.15, 0.2) is 0 Å². The Kier molecular flexibility index (Phi) is 4.69. The highest BCUT2D eigenvalue weighted by Gasteiger charge is 2.48. The Labute approximate surface area is 158 Å². The van der Waals surface area contributed by atoms with Crippen molar-refractivity contribution in [1.82, 2.24) is 4.90 Å². The summed E-state index contributed by atoms with van der Waals surface area (Å²) < 4.78 is 0. The van der Waals surface area contributed by atoms with E-state index in [2.05, 4.69) is 0 Å². The van der Waals surface area contributed by atoms with Crippen LogP contribution in [-0.2, 0) is 14.4 Å². The number of carbonyl (C=O) groups is 3. The predicted molar refractivity (Wildman–Crippen MR) is 98.5 cm³/mol. The summed E-state index contributed by atoms with van der Waals surface area (Å²) in [5.74, 6) is -0.517. The highest BCUT2D eigenvalue weighted by molar-refractivity contribution is 6.23. The monoisotopic (exact) mass is 365 g/mol. The molecular weight excluding hydrogens is 342 g/mol. The molecule has 1 aromatic rings. The van der Waals surface area contributed by atoms with Crippen LogP contribution >= 0.6 is 0 Å². The highest BCUT2D eigenvalue weighted by atomic mass is 16.2. The Bertz CT molecular complexity index is 801. The number of imide groups is 1. The van der Waals surface area contributed by atoms with Crippen LogP contribution in [-0.4, -0.2) is 34.7 Å². The SMILES string of the molecule is N#Cc1ccc(N2C(=O)CC(N(C(=O)C3CC3)C3CCCCC3)C2=O)cc1. The number of hydrogen-bond acceptors (Lipinski definition) is 4. The predicted octanol–water partition coefficient (Wildman–Crippen LogP) is 2.76. The first kappa shape index (κ1) is 17.7. The van der Waals surface area contributed by atoms with Crippen molar-refractivity contribution in [2.75, 3.05) is 4.90 Å². The molecule has 0 bridgehead atoms. The van der Waals surface area contributed by atoms with Crippen LogP contribution in [0.5, 0.6) is 0 Å². The zero-order chi connectivity index (χ0) is 19.0. The number of amides is 3. The summed E-state index contributed by atoms with van der Waals surface area (Å²) in [6, 6.07) is 7.82. The van der Waals surface area contributed by atoms with E-state index in [-0.39, 0.29) is 36.1 Å². The largest absolute Gasteiger partial charge is 0.327 e. The number of benzene rings is 1.